The van der Waals surface area contributed by atoms with Crippen LogP contribution in [0.2, 0.25) is 9.26 Å². The van der Waals surface area contributed by atoms with Gasteiger partial charge in [-0.1, -0.05) is 0 Å². The van der Waals surface area contributed by atoms with Crippen molar-refractivity contribution in [2.24, 2.45) is 0 Å². The molecule has 0 aliphatic heterocycles. The Balaban J connectivity index is 2.10. The van der Waals surface area contributed by atoms with Crippen LogP contribution in [-0.2, 0) is 12.9 Å². The van der Waals surface area contributed by atoms with Gasteiger partial charge in [0.25, 0.3) is 0 Å². The van der Waals surface area contributed by atoms with Crippen molar-refractivity contribution in [3.63, 3.8) is 0 Å². The van der Waals surface area contributed by atoms with Crippen LogP contribution in [-0.4, -0.2) is 4.21 Å². The Morgan fingerprint density at radius 3 is 1.46 bits per heavy atom. The zero-order valence-corrected chi connectivity index (χ0v) is 21.3. The normalized spacial score (nSPS) is 24.9. The van der Waals surface area contributed by atoms with E-state index in [1.807, 2.05) is 0 Å². The molecular weight excluding hydrogens is 462 g/mol. The molecule has 3 heteroatoms. The van der Waals surface area contributed by atoms with E-state index in [9.17, 15) is 0 Å². The van der Waals surface area contributed by atoms with Gasteiger partial charge in [0.15, 0.2) is 0 Å². The number of halogens is 2. The van der Waals surface area contributed by atoms with E-state index in [4.69, 9.17) is 21.2 Å². The Bertz CT molecular complexity index is 1090. The van der Waals surface area contributed by atoms with E-state index in [0.29, 0.717) is 0 Å². The van der Waals surface area contributed by atoms with Crippen LogP contribution in [0, 0.1) is 0 Å². The predicted octanol–water partition coefficient (Wildman–Crippen LogP) is 8.68. The number of hydrogen-bond acceptors (Lipinski definition) is 0. The fraction of sp³-hybridized carbons (Fsp3) is 0.320. The Morgan fingerprint density at radius 2 is 1.11 bits per heavy atom. The molecule has 2 aliphatic rings. The first-order valence-electron chi connectivity index (χ1n) is 10.4. The van der Waals surface area contributed by atoms with Gasteiger partial charge in [-0.25, -0.2) is 0 Å². The first-order chi connectivity index (χ1) is 12.8. The predicted molar refractivity (Wildman–Crippen MR) is 125 cm³/mol. The molecule has 2 aliphatic carbocycles. The second-order valence-electron chi connectivity index (χ2n) is 10.7. The average molecular weight is 493 g/mol. The first-order valence-corrected chi connectivity index (χ1v) is 26.2. The summed E-state index contributed by atoms with van der Waals surface area (Å²) < 4.78 is 9.19. The molecule has 2 unspecified atom stereocenters. The molecule has 0 heterocycles. The molecule has 0 nitrogen and oxygen atoms in total. The molecular formula is C25H30Cl2Zr. The zero-order valence-electron chi connectivity index (χ0n) is 17.3. The molecule has 0 saturated heterocycles. The number of hydrogen-bond donors (Lipinski definition) is 0. The third kappa shape index (κ3) is 2.77. The van der Waals surface area contributed by atoms with Gasteiger partial charge < -0.3 is 0 Å². The number of benzene rings is 2. The molecule has 2 atom stereocenters. The summed E-state index contributed by atoms with van der Waals surface area (Å²) in [5.41, 5.74) is 7.58. The number of fused-ring (bicyclic) bond motifs is 2. The molecule has 0 spiro atoms. The third-order valence-electron chi connectivity index (χ3n) is 7.19. The fourth-order valence-electron chi connectivity index (χ4n) is 6.31. The summed E-state index contributed by atoms with van der Waals surface area (Å²) in [7, 11) is 16.2. The summed E-state index contributed by atoms with van der Waals surface area (Å²) in [6, 6.07) is 17.1. The van der Waals surface area contributed by atoms with E-state index < -0.39 is 12.9 Å². The summed E-state index contributed by atoms with van der Waals surface area (Å²) in [4.78, 5) is 0. The van der Waals surface area contributed by atoms with Gasteiger partial charge in [0.05, 0.1) is 0 Å². The topological polar surface area (TPSA) is 0 Å². The molecule has 0 aromatic heterocycles. The van der Waals surface area contributed by atoms with Crippen molar-refractivity contribution in [3.05, 3.63) is 81.9 Å². The number of rotatable bonds is 4. The van der Waals surface area contributed by atoms with Crippen LogP contribution in [0.4, 0.5) is 0 Å². The van der Waals surface area contributed by atoms with Crippen LogP contribution >= 0.6 is 17.0 Å². The van der Waals surface area contributed by atoms with Crippen LogP contribution in [0.3, 0.4) is 0 Å². The minimum atomic E-state index is -5.77. The quantitative estimate of drug-likeness (QED) is 0.400. The maximum absolute atomic E-state index is 8.08. The van der Waals surface area contributed by atoms with Crippen LogP contribution < -0.4 is 0 Å². The van der Waals surface area contributed by atoms with Gasteiger partial charge in [-0.2, -0.15) is 0 Å². The van der Waals surface area contributed by atoms with Crippen molar-refractivity contribution in [3.8, 4) is 0 Å². The van der Waals surface area contributed by atoms with Crippen LogP contribution in [0.25, 0.3) is 12.2 Å². The standard InChI is InChI=1S/2C11H11.2CH3.CH2.2ClH.Zr/c2*1-2-9-7-10-5-3-4-6-11(10)8-9;;;;;;/h2*3-8H,2H2,1H3;2*1H3;1H2;2*1H;/q;;;;;;;+2/p-2. The van der Waals surface area contributed by atoms with Gasteiger partial charge in [0.1, 0.15) is 0 Å². The first kappa shape index (κ1) is 20.5. The third-order valence-corrected chi connectivity index (χ3v) is 27.2. The SMILES string of the molecule is [CH2]=[Zr]([CH3])([CH3])([Cl])([Cl])([CH]1C(CC)=Cc2ccccc21)[CH]1C(CC)=Cc2ccccc21. The Morgan fingerprint density at radius 1 is 0.750 bits per heavy atom. The minimum absolute atomic E-state index is 0.0487. The van der Waals surface area contributed by atoms with Crippen LogP contribution in [0.5, 0.6) is 0 Å². The Kier molecular flexibility index (Phi) is 3.88. The second kappa shape index (κ2) is 5.29. The summed E-state index contributed by atoms with van der Waals surface area (Å²) in [5, 5.41) is 0. The van der Waals surface area contributed by atoms with E-state index in [-0.39, 0.29) is 7.25 Å². The summed E-state index contributed by atoms with van der Waals surface area (Å²) in [6.45, 7) is 4.40. The summed E-state index contributed by atoms with van der Waals surface area (Å²) in [5.74, 6) is 0. The summed E-state index contributed by atoms with van der Waals surface area (Å²) >= 11 is -5.77. The fourth-order valence-corrected chi connectivity index (χ4v) is 29.5. The van der Waals surface area contributed by atoms with E-state index in [1.54, 1.807) is 0 Å². The van der Waals surface area contributed by atoms with Crippen molar-refractivity contribution >= 4 is 33.4 Å². The molecule has 0 bridgehead atoms. The van der Waals surface area contributed by atoms with E-state index in [2.05, 4.69) is 83.8 Å². The molecule has 0 fully saturated rings. The van der Waals surface area contributed by atoms with Crippen molar-refractivity contribution in [2.75, 3.05) is 0 Å². The Hall–Kier alpha value is -0.747. The molecule has 4 rings (SSSR count). The molecule has 0 amide bonds. The monoisotopic (exact) mass is 490 g/mol. The van der Waals surface area contributed by atoms with E-state index >= 15 is 0 Å². The average Bonchev–Trinajstić information content (AvgIpc) is 3.20. The van der Waals surface area contributed by atoms with Crippen molar-refractivity contribution in [1.82, 2.24) is 0 Å². The molecule has 0 N–H and O–H groups in total. The van der Waals surface area contributed by atoms with Crippen molar-refractivity contribution in [1.29, 1.82) is 0 Å². The van der Waals surface area contributed by atoms with Gasteiger partial charge in [-0.15, -0.1) is 0 Å². The van der Waals surface area contributed by atoms with Crippen LogP contribution in [0.1, 0.15) is 56.2 Å². The van der Waals surface area contributed by atoms with Gasteiger partial charge in [-0.3, -0.25) is 0 Å². The van der Waals surface area contributed by atoms with Gasteiger partial charge in [-0.05, 0) is 0 Å². The molecule has 148 valence electrons. The second-order valence-corrected chi connectivity index (χ2v) is 56.2. The van der Waals surface area contributed by atoms with Gasteiger partial charge >= 0.3 is 171 Å². The van der Waals surface area contributed by atoms with Crippen molar-refractivity contribution < 1.29 is 12.9 Å². The molecule has 28 heavy (non-hydrogen) atoms. The molecule has 0 saturated carbocycles. The van der Waals surface area contributed by atoms with Crippen LogP contribution in [0.15, 0.2) is 59.7 Å². The molecule has 2 aromatic rings. The van der Waals surface area contributed by atoms with Crippen molar-refractivity contribution in [2.45, 2.75) is 43.2 Å². The maximum atomic E-state index is 8.08. The van der Waals surface area contributed by atoms with E-state index in [0.717, 1.165) is 12.8 Å². The molecule has 2 aromatic carbocycles. The summed E-state index contributed by atoms with van der Waals surface area (Å²) in [6.07, 6.45) is 6.44. The zero-order chi connectivity index (χ0) is 20.5. The molecule has 0 radical (unpaired) electrons. The Labute approximate surface area is 170 Å². The van der Waals surface area contributed by atoms with E-state index in [1.165, 1.54) is 33.4 Å². The number of allylic oxidation sites excluding steroid dienone is 2. The van der Waals surface area contributed by atoms with Gasteiger partial charge in [0.2, 0.25) is 0 Å². The van der Waals surface area contributed by atoms with Gasteiger partial charge in [0, 0.05) is 0 Å².